The zero-order valence-corrected chi connectivity index (χ0v) is 18.8. The highest BCUT2D eigenvalue weighted by Gasteiger charge is 2.13. The largest absolute Gasteiger partial charge is 0.493 e. The van der Waals surface area contributed by atoms with Gasteiger partial charge in [0, 0.05) is 16.6 Å². The van der Waals surface area contributed by atoms with Crippen LogP contribution in [0.2, 0.25) is 0 Å². The average Bonchev–Trinajstić information content (AvgIpc) is 3.26. The summed E-state index contributed by atoms with van der Waals surface area (Å²) in [5, 5.41) is 6.46. The summed E-state index contributed by atoms with van der Waals surface area (Å²) >= 11 is 1.59. The van der Waals surface area contributed by atoms with Gasteiger partial charge in [-0.3, -0.25) is 0 Å². The summed E-state index contributed by atoms with van der Waals surface area (Å²) in [4.78, 5) is 4.80. The second-order valence-electron chi connectivity index (χ2n) is 6.97. The molecule has 0 saturated heterocycles. The number of rotatable bonds is 9. The Morgan fingerprint density at radius 3 is 2.53 bits per heavy atom. The highest BCUT2D eigenvalue weighted by Crippen LogP contribution is 2.34. The average molecular weight is 421 g/mol. The Kier molecular flexibility index (Phi) is 7.31. The number of hydrogen-bond acceptors (Lipinski definition) is 5. The summed E-state index contributed by atoms with van der Waals surface area (Å²) < 4.78 is 10.8. The molecular formula is C25H28N2O2S. The molecule has 1 heterocycles. The second kappa shape index (κ2) is 10.1. The Labute approximate surface area is 182 Å². The predicted octanol–water partition coefficient (Wildman–Crippen LogP) is 6.97. The topological polar surface area (TPSA) is 43.4 Å². The van der Waals surface area contributed by atoms with E-state index in [0.29, 0.717) is 17.4 Å². The molecule has 1 atom stereocenters. The van der Waals surface area contributed by atoms with Gasteiger partial charge < -0.3 is 14.8 Å². The van der Waals surface area contributed by atoms with Crippen LogP contribution in [0.1, 0.15) is 31.4 Å². The van der Waals surface area contributed by atoms with Crippen LogP contribution < -0.4 is 14.8 Å². The van der Waals surface area contributed by atoms with E-state index in [1.807, 2.05) is 36.4 Å². The lowest BCUT2D eigenvalue weighted by molar-refractivity contribution is 0.355. The Bertz CT molecular complexity index is 1040. The Morgan fingerprint density at radius 1 is 1.13 bits per heavy atom. The predicted molar refractivity (Wildman–Crippen MR) is 128 cm³/mol. The van der Waals surface area contributed by atoms with Gasteiger partial charge in [-0.2, -0.15) is 0 Å². The van der Waals surface area contributed by atoms with Crippen molar-refractivity contribution in [2.45, 2.75) is 20.3 Å². The monoisotopic (exact) mass is 420 g/mol. The number of nitrogens with zero attached hydrogens (tertiary/aromatic N) is 1. The van der Waals surface area contributed by atoms with Crippen molar-refractivity contribution >= 4 is 28.6 Å². The SMILES string of the molecule is C=Cc1ccccc1/C=C(/Nc1nc(-c2ccc(OC)c(OC)c2)cs1)C(C)CC. The molecule has 1 unspecified atom stereocenters. The van der Waals surface area contributed by atoms with Crippen LogP contribution in [0.3, 0.4) is 0 Å². The summed E-state index contributed by atoms with van der Waals surface area (Å²) in [5.74, 6) is 1.77. The van der Waals surface area contributed by atoms with E-state index in [1.165, 1.54) is 0 Å². The molecule has 30 heavy (non-hydrogen) atoms. The van der Waals surface area contributed by atoms with Crippen LogP contribution in [-0.4, -0.2) is 19.2 Å². The fraction of sp³-hybridized carbons (Fsp3) is 0.240. The number of benzene rings is 2. The molecule has 0 spiro atoms. The van der Waals surface area contributed by atoms with Gasteiger partial charge in [0.05, 0.1) is 19.9 Å². The van der Waals surface area contributed by atoms with Gasteiger partial charge in [-0.05, 0) is 47.7 Å². The molecular weight excluding hydrogens is 392 g/mol. The van der Waals surface area contributed by atoms with E-state index in [0.717, 1.165) is 39.6 Å². The molecule has 0 saturated carbocycles. The van der Waals surface area contributed by atoms with Crippen molar-refractivity contribution in [3.8, 4) is 22.8 Å². The molecule has 0 aliphatic carbocycles. The fourth-order valence-electron chi connectivity index (χ4n) is 3.10. The fourth-order valence-corrected chi connectivity index (χ4v) is 3.84. The van der Waals surface area contributed by atoms with Gasteiger partial charge in [-0.1, -0.05) is 50.8 Å². The van der Waals surface area contributed by atoms with Gasteiger partial charge in [0.1, 0.15) is 0 Å². The molecule has 156 valence electrons. The number of nitrogens with one attached hydrogen (secondary N) is 1. The molecule has 0 radical (unpaired) electrons. The van der Waals surface area contributed by atoms with Gasteiger partial charge in [0.2, 0.25) is 0 Å². The first-order valence-corrected chi connectivity index (χ1v) is 10.9. The van der Waals surface area contributed by atoms with Crippen molar-refractivity contribution in [1.29, 1.82) is 0 Å². The number of hydrogen-bond donors (Lipinski definition) is 1. The van der Waals surface area contributed by atoms with Crippen molar-refractivity contribution in [3.05, 3.63) is 71.2 Å². The van der Waals surface area contributed by atoms with Crippen molar-refractivity contribution in [2.75, 3.05) is 19.5 Å². The molecule has 0 fully saturated rings. The van der Waals surface area contributed by atoms with E-state index in [-0.39, 0.29) is 0 Å². The van der Waals surface area contributed by atoms with Crippen molar-refractivity contribution < 1.29 is 9.47 Å². The first kappa shape index (κ1) is 21.7. The lowest BCUT2D eigenvalue weighted by Gasteiger charge is -2.16. The maximum Gasteiger partial charge on any atom is 0.187 e. The summed E-state index contributed by atoms with van der Waals surface area (Å²) in [7, 11) is 3.27. The number of anilines is 1. The summed E-state index contributed by atoms with van der Waals surface area (Å²) in [6, 6.07) is 14.1. The van der Waals surface area contributed by atoms with E-state index in [1.54, 1.807) is 25.6 Å². The van der Waals surface area contributed by atoms with E-state index in [4.69, 9.17) is 14.5 Å². The minimum atomic E-state index is 0.372. The van der Waals surface area contributed by atoms with Crippen molar-refractivity contribution in [1.82, 2.24) is 4.98 Å². The number of aromatic nitrogens is 1. The van der Waals surface area contributed by atoms with Crippen LogP contribution in [0.4, 0.5) is 5.13 Å². The highest BCUT2D eigenvalue weighted by atomic mass is 32.1. The summed E-state index contributed by atoms with van der Waals surface area (Å²) in [6.07, 6.45) is 5.12. The molecule has 0 bridgehead atoms. The summed E-state index contributed by atoms with van der Waals surface area (Å²) in [6.45, 7) is 8.34. The van der Waals surface area contributed by atoms with E-state index < -0.39 is 0 Å². The Morgan fingerprint density at radius 2 is 1.87 bits per heavy atom. The molecule has 3 aromatic rings. The van der Waals surface area contributed by atoms with Gasteiger partial charge in [0.15, 0.2) is 16.6 Å². The normalized spacial score (nSPS) is 12.3. The molecule has 1 aromatic heterocycles. The van der Waals surface area contributed by atoms with Crippen LogP contribution in [-0.2, 0) is 0 Å². The van der Waals surface area contributed by atoms with Crippen LogP contribution in [0.25, 0.3) is 23.4 Å². The number of methoxy groups -OCH3 is 2. The molecule has 0 aliphatic rings. The minimum Gasteiger partial charge on any atom is -0.493 e. The first-order valence-electron chi connectivity index (χ1n) is 9.97. The molecule has 0 amide bonds. The maximum absolute atomic E-state index is 5.42. The second-order valence-corrected chi connectivity index (χ2v) is 7.83. The lowest BCUT2D eigenvalue weighted by atomic mass is 10.00. The molecule has 5 heteroatoms. The Balaban J connectivity index is 1.89. The van der Waals surface area contributed by atoms with Gasteiger partial charge in [0.25, 0.3) is 0 Å². The summed E-state index contributed by atoms with van der Waals surface area (Å²) in [5.41, 5.74) is 5.29. The quantitative estimate of drug-likeness (QED) is 0.406. The number of ether oxygens (including phenoxy) is 2. The third-order valence-corrected chi connectivity index (χ3v) is 5.86. The molecule has 0 aliphatic heterocycles. The standard InChI is InChI=1S/C25H28N2O2S/c1-6-17(3)21(14-19-11-9-8-10-18(19)7-2)26-25-27-22(16-30-25)20-12-13-23(28-4)24(15-20)29-5/h7-17H,2,6H2,1,3-5H3,(H,26,27)/b21-14+. The number of thiazole rings is 1. The van der Waals surface area contributed by atoms with Gasteiger partial charge >= 0.3 is 0 Å². The zero-order chi connectivity index (χ0) is 21.5. The van der Waals surface area contributed by atoms with Crippen LogP contribution in [0, 0.1) is 5.92 Å². The third-order valence-electron chi connectivity index (χ3n) is 5.10. The van der Waals surface area contributed by atoms with Gasteiger partial charge in [-0.25, -0.2) is 4.98 Å². The number of allylic oxidation sites excluding steroid dienone is 1. The van der Waals surface area contributed by atoms with E-state index >= 15 is 0 Å². The van der Waals surface area contributed by atoms with E-state index in [2.05, 4.69) is 49.3 Å². The van der Waals surface area contributed by atoms with Crippen LogP contribution in [0.15, 0.2) is 60.1 Å². The smallest absolute Gasteiger partial charge is 0.187 e. The third kappa shape index (κ3) is 4.92. The maximum atomic E-state index is 5.42. The van der Waals surface area contributed by atoms with E-state index in [9.17, 15) is 0 Å². The van der Waals surface area contributed by atoms with Gasteiger partial charge in [-0.15, -0.1) is 11.3 Å². The first-order chi connectivity index (χ1) is 14.6. The molecule has 4 nitrogen and oxygen atoms in total. The lowest BCUT2D eigenvalue weighted by Crippen LogP contribution is -2.08. The van der Waals surface area contributed by atoms with Crippen molar-refractivity contribution in [2.24, 2.45) is 5.92 Å². The highest BCUT2D eigenvalue weighted by molar-refractivity contribution is 7.14. The zero-order valence-electron chi connectivity index (χ0n) is 17.9. The van der Waals surface area contributed by atoms with Crippen molar-refractivity contribution in [3.63, 3.8) is 0 Å². The van der Waals surface area contributed by atoms with Crippen LogP contribution >= 0.6 is 11.3 Å². The molecule has 1 N–H and O–H groups in total. The molecule has 2 aromatic carbocycles. The van der Waals surface area contributed by atoms with Crippen LogP contribution in [0.5, 0.6) is 11.5 Å². The Hall–Kier alpha value is -3.05. The molecule has 3 rings (SSSR count). The minimum absolute atomic E-state index is 0.372.